The number of carbonyl (C=O) groups excluding carboxylic acids is 6. The third kappa shape index (κ3) is 20.1. The number of fused-ring (bicyclic) bond motifs is 1. The van der Waals surface area contributed by atoms with Gasteiger partial charge in [0.1, 0.15) is 29.8 Å². The van der Waals surface area contributed by atoms with Crippen LogP contribution in [0.1, 0.15) is 129 Å². The van der Waals surface area contributed by atoms with Gasteiger partial charge in [-0.15, -0.1) is 0 Å². The summed E-state index contributed by atoms with van der Waals surface area (Å²) in [5.41, 5.74) is 0.458. The van der Waals surface area contributed by atoms with E-state index in [2.05, 4.69) is 38.8 Å². The number of anilines is 1. The van der Waals surface area contributed by atoms with Crippen molar-refractivity contribution in [2.24, 2.45) is 0 Å². The Labute approximate surface area is 360 Å². The lowest BCUT2D eigenvalue weighted by Crippen LogP contribution is -2.60. The van der Waals surface area contributed by atoms with Crippen LogP contribution in [-0.4, -0.2) is 99.5 Å². The zero-order valence-corrected chi connectivity index (χ0v) is 36.1. The highest BCUT2D eigenvalue weighted by molar-refractivity contribution is 6.01. The molecule has 0 aliphatic carbocycles. The van der Waals surface area contributed by atoms with Gasteiger partial charge in [0.25, 0.3) is 0 Å². The van der Waals surface area contributed by atoms with Crippen LogP contribution >= 0.6 is 0 Å². The number of aliphatic carboxylic acids is 2. The molecule has 2 rings (SSSR count). The summed E-state index contributed by atoms with van der Waals surface area (Å²) in [6, 6.07) is -0.400. The molecule has 0 unspecified atom stereocenters. The monoisotopic (exact) mass is 872 g/mol. The average molecular weight is 873 g/mol. The van der Waals surface area contributed by atoms with E-state index in [1.807, 2.05) is 0 Å². The summed E-state index contributed by atoms with van der Waals surface area (Å²) in [5.74, 6) is -7.61. The molecule has 0 spiro atoms. The van der Waals surface area contributed by atoms with Crippen molar-refractivity contribution in [1.82, 2.24) is 26.6 Å². The Bertz CT molecular complexity index is 1900. The molecule has 0 aliphatic heterocycles. The third-order valence-corrected chi connectivity index (χ3v) is 10.0. The molecule has 0 radical (unpaired) electrons. The fourth-order valence-corrected chi connectivity index (χ4v) is 6.65. The predicted octanol–water partition coefficient (Wildman–Crippen LogP) is 2.93. The largest absolute Gasteiger partial charge is 0.481 e. The second kappa shape index (κ2) is 27.9. The van der Waals surface area contributed by atoms with Crippen LogP contribution in [-0.2, 0) is 38.4 Å². The topological polar surface area (TPSA) is 300 Å². The minimum atomic E-state index is -1.83. The molecule has 0 fully saturated rings. The molecule has 2 aromatic rings. The summed E-state index contributed by atoms with van der Waals surface area (Å²) in [6.45, 7) is 6.41. The number of hydrogen-bond donors (Lipinski definition) is 9. The molecule has 6 amide bonds. The third-order valence-electron chi connectivity index (χ3n) is 10.0. The van der Waals surface area contributed by atoms with Gasteiger partial charge in [-0.25, -0.2) is 4.79 Å². The second-order valence-corrected chi connectivity index (χ2v) is 15.5. The Morgan fingerprint density at radius 2 is 1.29 bits per heavy atom. The van der Waals surface area contributed by atoms with Gasteiger partial charge in [-0.3, -0.25) is 38.4 Å². The lowest BCUT2D eigenvalue weighted by molar-refractivity contribution is -0.142. The van der Waals surface area contributed by atoms with Crippen LogP contribution in [0, 0.1) is 6.92 Å². The fourth-order valence-electron chi connectivity index (χ4n) is 6.65. The van der Waals surface area contributed by atoms with Crippen LogP contribution < -0.4 is 37.5 Å². The molecule has 0 saturated carbocycles. The molecule has 0 saturated heterocycles. The van der Waals surface area contributed by atoms with E-state index in [1.54, 1.807) is 19.1 Å². The smallest absolute Gasteiger partial charge is 0.336 e. The molecule has 9 N–H and O–H groups in total. The molecule has 1 heterocycles. The van der Waals surface area contributed by atoms with Gasteiger partial charge >= 0.3 is 17.6 Å². The maximum atomic E-state index is 13.7. The van der Waals surface area contributed by atoms with Gasteiger partial charge in [0.05, 0.1) is 12.5 Å². The van der Waals surface area contributed by atoms with Crippen LogP contribution in [0.15, 0.2) is 33.5 Å². The second-order valence-electron chi connectivity index (χ2n) is 15.5. The first-order chi connectivity index (χ1) is 29.4. The standard InChI is InChI=1S/C43H64N6O13/c1-5-6-7-8-9-10-11-12-13-17-35(52)44-22-15-14-16-31(40(58)46-29-18-19-30-26(2)23-38(57)62-34(30)24-29)47-42(60)33(25-37(55)56)48-43(61)39(27(3)50)49-41(59)32(45-28(4)51)20-21-36(53)54/h18-19,23-24,27,31-33,39,50H,5-17,20-22,25H2,1-4H3,(H,44,52)(H,45,51)(H,46,58)(H,47,60)(H,48,61)(H,49,59)(H,53,54)(H,55,56)/t27-,31+,32+,33+,39+/m1/s1. The lowest BCUT2D eigenvalue weighted by Gasteiger charge is -2.27. The van der Waals surface area contributed by atoms with E-state index in [9.17, 15) is 53.4 Å². The molecule has 0 aliphatic rings. The van der Waals surface area contributed by atoms with Gasteiger partial charge in [-0.05, 0) is 63.6 Å². The first-order valence-corrected chi connectivity index (χ1v) is 21.3. The first-order valence-electron chi connectivity index (χ1n) is 21.3. The minimum absolute atomic E-state index is 0.00838. The van der Waals surface area contributed by atoms with Crippen molar-refractivity contribution in [2.45, 2.75) is 161 Å². The lowest BCUT2D eigenvalue weighted by atomic mass is 10.0. The summed E-state index contributed by atoms with van der Waals surface area (Å²) in [4.78, 5) is 113. The van der Waals surface area contributed by atoms with Crippen molar-refractivity contribution in [3.63, 3.8) is 0 Å². The number of carbonyl (C=O) groups is 8. The van der Waals surface area contributed by atoms with Gasteiger partial charge in [-0.2, -0.15) is 0 Å². The molecule has 19 heteroatoms. The highest BCUT2D eigenvalue weighted by atomic mass is 16.4. The number of hydrogen-bond acceptors (Lipinski definition) is 11. The summed E-state index contributed by atoms with van der Waals surface area (Å²) in [6.07, 6.45) is 7.75. The fraction of sp³-hybridized carbons (Fsp3) is 0.605. The Morgan fingerprint density at radius 3 is 1.90 bits per heavy atom. The number of aliphatic hydroxyl groups is 1. The summed E-state index contributed by atoms with van der Waals surface area (Å²) >= 11 is 0. The normalized spacial score (nSPS) is 13.4. The molecule has 5 atom stereocenters. The zero-order valence-electron chi connectivity index (χ0n) is 36.1. The summed E-state index contributed by atoms with van der Waals surface area (Å²) in [5, 5.41) is 44.5. The Morgan fingerprint density at radius 1 is 0.677 bits per heavy atom. The van der Waals surface area contributed by atoms with Crippen molar-refractivity contribution < 1.29 is 58.1 Å². The molecule has 62 heavy (non-hydrogen) atoms. The van der Waals surface area contributed by atoms with Crippen LogP contribution in [0.4, 0.5) is 5.69 Å². The molecule has 1 aromatic heterocycles. The van der Waals surface area contributed by atoms with Crippen molar-refractivity contribution >= 4 is 64.0 Å². The molecule has 0 bridgehead atoms. The van der Waals surface area contributed by atoms with E-state index in [-0.39, 0.29) is 30.0 Å². The van der Waals surface area contributed by atoms with Crippen molar-refractivity contribution in [3.8, 4) is 0 Å². The maximum Gasteiger partial charge on any atom is 0.336 e. The highest BCUT2D eigenvalue weighted by Gasteiger charge is 2.34. The number of carboxylic acid groups (broad SMARTS) is 2. The number of aliphatic hydroxyl groups excluding tert-OH is 1. The summed E-state index contributed by atoms with van der Waals surface area (Å²) < 4.78 is 5.28. The molecule has 344 valence electrons. The Balaban J connectivity index is 2.17. The van der Waals surface area contributed by atoms with E-state index in [1.165, 1.54) is 44.2 Å². The van der Waals surface area contributed by atoms with Crippen LogP contribution in [0.5, 0.6) is 0 Å². The average Bonchev–Trinajstić information content (AvgIpc) is 3.19. The quantitative estimate of drug-likeness (QED) is 0.0404. The Hall–Kier alpha value is -5.85. The SMILES string of the molecule is CCCCCCCCCCCC(=O)NCCCC[C@H](NC(=O)[C@H](CC(=O)O)NC(=O)[C@@H](NC(=O)[C@H](CCC(=O)O)NC(C)=O)[C@@H](C)O)C(=O)Nc1ccc2c(C)cc(=O)oc2c1. The van der Waals surface area contributed by atoms with E-state index in [0.29, 0.717) is 36.8 Å². The van der Waals surface area contributed by atoms with Gasteiger partial charge in [0, 0.05) is 49.5 Å². The first kappa shape index (κ1) is 52.3. The Kier molecular flexibility index (Phi) is 23.5. The minimum Gasteiger partial charge on any atom is -0.481 e. The highest BCUT2D eigenvalue weighted by Crippen LogP contribution is 2.21. The number of amides is 6. The van der Waals surface area contributed by atoms with Crippen molar-refractivity contribution in [2.75, 3.05) is 11.9 Å². The molecule has 19 nitrogen and oxygen atoms in total. The molecular weight excluding hydrogens is 809 g/mol. The molecular formula is C43H64N6O13. The molecule has 1 aromatic carbocycles. The van der Waals surface area contributed by atoms with Gasteiger partial charge in [0.15, 0.2) is 0 Å². The number of carboxylic acids is 2. The van der Waals surface area contributed by atoms with Crippen LogP contribution in [0.2, 0.25) is 0 Å². The number of unbranched alkanes of at least 4 members (excludes halogenated alkanes) is 9. The number of aryl methyl sites for hydroxylation is 1. The van der Waals surface area contributed by atoms with Gasteiger partial charge in [-0.1, -0.05) is 58.3 Å². The van der Waals surface area contributed by atoms with Crippen LogP contribution in [0.25, 0.3) is 11.0 Å². The van der Waals surface area contributed by atoms with Crippen molar-refractivity contribution in [3.05, 3.63) is 40.2 Å². The van der Waals surface area contributed by atoms with Crippen molar-refractivity contribution in [1.29, 1.82) is 0 Å². The number of benzene rings is 1. The van der Waals surface area contributed by atoms with Gasteiger partial charge < -0.3 is 51.6 Å². The predicted molar refractivity (Wildman–Crippen MR) is 229 cm³/mol. The summed E-state index contributed by atoms with van der Waals surface area (Å²) in [7, 11) is 0. The van der Waals surface area contributed by atoms with E-state index in [0.717, 1.165) is 39.5 Å². The van der Waals surface area contributed by atoms with Gasteiger partial charge in [0.2, 0.25) is 35.4 Å². The van der Waals surface area contributed by atoms with Crippen LogP contribution in [0.3, 0.4) is 0 Å². The van der Waals surface area contributed by atoms with E-state index in [4.69, 9.17) is 9.52 Å². The zero-order chi connectivity index (χ0) is 46.2. The number of rotatable bonds is 30. The van der Waals surface area contributed by atoms with E-state index < -0.39 is 90.2 Å². The number of nitrogens with one attached hydrogen (secondary N) is 6. The maximum absolute atomic E-state index is 13.7. The van der Waals surface area contributed by atoms with E-state index >= 15 is 0 Å².